The molecule has 0 bridgehead atoms. The van der Waals surface area contributed by atoms with Crippen LogP contribution in [0.3, 0.4) is 0 Å². The molecule has 0 fully saturated rings. The number of halogens is 1. The number of hydrogen-bond acceptors (Lipinski definition) is 2. The number of methoxy groups -OCH3 is 1. The van der Waals surface area contributed by atoms with Crippen LogP contribution in [0.2, 0.25) is 0 Å². The minimum Gasteiger partial charge on any atom is -0.379 e. The predicted octanol–water partition coefficient (Wildman–Crippen LogP) is 3.41. The largest absolute Gasteiger partial charge is 0.379 e. The molecule has 0 aliphatic carbocycles. The molecule has 0 aromatic heterocycles. The summed E-state index contributed by atoms with van der Waals surface area (Å²) < 4.78 is 5.52. The highest BCUT2D eigenvalue weighted by Gasteiger charge is 2.23. The number of ether oxygens (including phenoxy) is 1. The molecule has 122 valence electrons. The fourth-order valence-corrected chi connectivity index (χ4v) is 1.80. The molecule has 20 heavy (non-hydrogen) atoms. The summed E-state index contributed by atoms with van der Waals surface area (Å²) in [5, 5.41) is 6.64. The minimum atomic E-state index is 0. The van der Waals surface area contributed by atoms with Crippen LogP contribution >= 0.6 is 24.0 Å². The third kappa shape index (κ3) is 10.7. The third-order valence-corrected chi connectivity index (χ3v) is 3.08. The molecule has 0 aromatic carbocycles. The lowest BCUT2D eigenvalue weighted by molar-refractivity contribution is 0.0241. The maximum absolute atomic E-state index is 5.52. The highest BCUT2D eigenvalue weighted by molar-refractivity contribution is 14.0. The Morgan fingerprint density at radius 1 is 1.15 bits per heavy atom. The van der Waals surface area contributed by atoms with Crippen molar-refractivity contribution >= 4 is 29.9 Å². The van der Waals surface area contributed by atoms with Crippen LogP contribution in [0.15, 0.2) is 4.99 Å². The summed E-state index contributed by atoms with van der Waals surface area (Å²) in [4.78, 5) is 4.62. The average molecular weight is 399 g/mol. The van der Waals surface area contributed by atoms with Gasteiger partial charge in [-0.15, -0.1) is 24.0 Å². The number of unbranched alkanes of at least 4 members (excludes halogenated alkanes) is 2. The van der Waals surface area contributed by atoms with Crippen LogP contribution in [0.25, 0.3) is 0 Å². The second-order valence-electron chi connectivity index (χ2n) is 5.94. The molecule has 0 saturated carbocycles. The van der Waals surface area contributed by atoms with Gasteiger partial charge in [0.1, 0.15) is 0 Å². The Morgan fingerprint density at radius 2 is 1.80 bits per heavy atom. The number of hydrogen-bond donors (Lipinski definition) is 2. The van der Waals surface area contributed by atoms with Crippen LogP contribution in [0.1, 0.15) is 53.9 Å². The molecule has 2 N–H and O–H groups in total. The second kappa shape index (κ2) is 12.7. The van der Waals surface area contributed by atoms with Gasteiger partial charge in [0.2, 0.25) is 0 Å². The van der Waals surface area contributed by atoms with Gasteiger partial charge in [-0.1, -0.05) is 40.5 Å². The van der Waals surface area contributed by atoms with Crippen LogP contribution in [0.4, 0.5) is 0 Å². The molecule has 0 amide bonds. The first-order chi connectivity index (χ1) is 8.95. The molecule has 0 aromatic rings. The molecule has 1 unspecified atom stereocenters. The summed E-state index contributed by atoms with van der Waals surface area (Å²) in [6, 6.07) is 0. The van der Waals surface area contributed by atoms with E-state index in [0.29, 0.717) is 6.54 Å². The van der Waals surface area contributed by atoms with Gasteiger partial charge in [0.05, 0.1) is 12.6 Å². The standard InChI is InChI=1S/C15H33N3O.HI/c1-7-9-10-11-17-14(16-8-2)18-12-13(19-6)15(3,4)5;/h13H,7-12H2,1-6H3,(H2,16,17,18);1H. The van der Waals surface area contributed by atoms with Crippen molar-refractivity contribution in [1.29, 1.82) is 0 Å². The van der Waals surface area contributed by atoms with E-state index in [1.807, 2.05) is 0 Å². The Balaban J connectivity index is 0. The number of guanidine groups is 1. The molecule has 5 heteroatoms. The Hall–Kier alpha value is -0.0400. The van der Waals surface area contributed by atoms with Crippen molar-refractivity contribution in [2.24, 2.45) is 10.4 Å². The highest BCUT2D eigenvalue weighted by Crippen LogP contribution is 2.21. The lowest BCUT2D eigenvalue weighted by Crippen LogP contribution is -2.39. The first kappa shape index (κ1) is 22.2. The van der Waals surface area contributed by atoms with Gasteiger partial charge in [0.25, 0.3) is 0 Å². The van der Waals surface area contributed by atoms with Gasteiger partial charge >= 0.3 is 0 Å². The molecule has 0 spiro atoms. The summed E-state index contributed by atoms with van der Waals surface area (Å²) in [5.41, 5.74) is 0.109. The zero-order valence-electron chi connectivity index (χ0n) is 14.1. The SMILES string of the molecule is CCCCCNC(=NCC(OC)C(C)(C)C)NCC.I. The maximum atomic E-state index is 5.52. The van der Waals surface area contributed by atoms with Crippen molar-refractivity contribution in [1.82, 2.24) is 10.6 Å². The molecule has 1 atom stereocenters. The molecule has 0 aliphatic heterocycles. The van der Waals surface area contributed by atoms with E-state index < -0.39 is 0 Å². The summed E-state index contributed by atoms with van der Waals surface area (Å²) in [6.07, 6.45) is 3.83. The van der Waals surface area contributed by atoms with Gasteiger partial charge in [0.15, 0.2) is 5.96 Å². The van der Waals surface area contributed by atoms with Crippen molar-refractivity contribution in [2.75, 3.05) is 26.7 Å². The molecule has 0 saturated heterocycles. The van der Waals surface area contributed by atoms with Crippen LogP contribution in [-0.4, -0.2) is 38.8 Å². The molecule has 4 nitrogen and oxygen atoms in total. The lowest BCUT2D eigenvalue weighted by atomic mass is 9.89. The topological polar surface area (TPSA) is 45.7 Å². The second-order valence-corrected chi connectivity index (χ2v) is 5.94. The van der Waals surface area contributed by atoms with E-state index >= 15 is 0 Å². The van der Waals surface area contributed by atoms with Crippen LogP contribution in [-0.2, 0) is 4.74 Å². The molecule has 0 aliphatic rings. The zero-order valence-corrected chi connectivity index (χ0v) is 16.4. The van der Waals surface area contributed by atoms with E-state index in [-0.39, 0.29) is 35.5 Å². The maximum Gasteiger partial charge on any atom is 0.191 e. The molecule has 0 rings (SSSR count). The molecule has 0 heterocycles. The van der Waals surface area contributed by atoms with E-state index in [1.54, 1.807) is 7.11 Å². The summed E-state index contributed by atoms with van der Waals surface area (Å²) in [6.45, 7) is 13.4. The van der Waals surface area contributed by atoms with Crippen LogP contribution in [0.5, 0.6) is 0 Å². The van der Waals surface area contributed by atoms with Crippen molar-refractivity contribution < 1.29 is 4.74 Å². The van der Waals surface area contributed by atoms with E-state index in [4.69, 9.17) is 4.74 Å². The summed E-state index contributed by atoms with van der Waals surface area (Å²) >= 11 is 0. The quantitative estimate of drug-likeness (QED) is 0.285. The minimum absolute atomic E-state index is 0. The highest BCUT2D eigenvalue weighted by atomic mass is 127. The Kier molecular flexibility index (Phi) is 14.1. The number of nitrogens with one attached hydrogen (secondary N) is 2. The van der Waals surface area contributed by atoms with Gasteiger partial charge < -0.3 is 15.4 Å². The van der Waals surface area contributed by atoms with Gasteiger partial charge in [-0.2, -0.15) is 0 Å². The summed E-state index contributed by atoms with van der Waals surface area (Å²) in [5.74, 6) is 0.893. The van der Waals surface area contributed by atoms with Crippen molar-refractivity contribution in [2.45, 2.75) is 60.0 Å². The van der Waals surface area contributed by atoms with Crippen molar-refractivity contribution in [3.63, 3.8) is 0 Å². The van der Waals surface area contributed by atoms with Gasteiger partial charge in [0, 0.05) is 20.2 Å². The Labute approximate surface area is 142 Å². The van der Waals surface area contributed by atoms with E-state index in [1.165, 1.54) is 19.3 Å². The summed E-state index contributed by atoms with van der Waals surface area (Å²) in [7, 11) is 1.76. The predicted molar refractivity (Wildman–Crippen MR) is 99.2 cm³/mol. The van der Waals surface area contributed by atoms with Gasteiger partial charge in [-0.25, -0.2) is 0 Å². The molecule has 0 radical (unpaired) electrons. The Bertz CT molecular complexity index is 252. The third-order valence-electron chi connectivity index (χ3n) is 3.08. The van der Waals surface area contributed by atoms with E-state index in [9.17, 15) is 0 Å². The smallest absolute Gasteiger partial charge is 0.191 e. The van der Waals surface area contributed by atoms with E-state index in [2.05, 4.69) is 50.2 Å². The zero-order chi connectivity index (χ0) is 14.7. The lowest BCUT2D eigenvalue weighted by Gasteiger charge is -2.28. The molecular weight excluding hydrogens is 365 g/mol. The van der Waals surface area contributed by atoms with E-state index in [0.717, 1.165) is 19.0 Å². The monoisotopic (exact) mass is 399 g/mol. The fraction of sp³-hybridized carbons (Fsp3) is 0.933. The Morgan fingerprint density at radius 3 is 2.25 bits per heavy atom. The van der Waals surface area contributed by atoms with Gasteiger partial charge in [-0.05, 0) is 18.8 Å². The van der Waals surface area contributed by atoms with Crippen molar-refractivity contribution in [3.05, 3.63) is 0 Å². The first-order valence-corrected chi connectivity index (χ1v) is 7.50. The number of aliphatic imine (C=N–C) groups is 1. The van der Waals surface area contributed by atoms with Gasteiger partial charge in [-0.3, -0.25) is 4.99 Å². The van der Waals surface area contributed by atoms with Crippen molar-refractivity contribution in [3.8, 4) is 0 Å². The fourth-order valence-electron chi connectivity index (χ4n) is 1.80. The normalized spacial score (nSPS) is 13.6. The van der Waals surface area contributed by atoms with Crippen LogP contribution in [0, 0.1) is 5.41 Å². The first-order valence-electron chi connectivity index (χ1n) is 7.50. The van der Waals surface area contributed by atoms with Crippen LogP contribution < -0.4 is 10.6 Å². The molecular formula is C15H34IN3O. The number of rotatable bonds is 8. The number of nitrogens with zero attached hydrogens (tertiary/aromatic N) is 1. The average Bonchev–Trinajstić information content (AvgIpc) is 2.33.